The van der Waals surface area contributed by atoms with Crippen LogP contribution in [-0.2, 0) is 0 Å². The van der Waals surface area contributed by atoms with Gasteiger partial charge < -0.3 is 25.6 Å². The van der Waals surface area contributed by atoms with E-state index in [0.29, 0.717) is 5.75 Å². The Bertz CT molecular complexity index is 1290. The number of aromatic amines is 1. The molecule has 4 heterocycles. The second kappa shape index (κ2) is 6.85. The molecule has 0 bridgehead atoms. The SMILES string of the molecule is CN1CCN(c2cc(-c3cc4c5c(n[nH]c5c3)Nc3ccccc3O4)nc(N)n2)CC1. The highest BCUT2D eigenvalue weighted by atomic mass is 16.5. The molecule has 0 unspecified atom stereocenters. The molecular formula is C22H22N8O. The first-order valence-electron chi connectivity index (χ1n) is 10.3. The minimum absolute atomic E-state index is 0.260. The van der Waals surface area contributed by atoms with E-state index in [9.17, 15) is 0 Å². The number of fused-ring (bicyclic) bond motifs is 1. The largest absolute Gasteiger partial charge is 0.454 e. The third-order valence-corrected chi connectivity index (χ3v) is 5.84. The molecule has 156 valence electrons. The Balaban J connectivity index is 1.45. The minimum atomic E-state index is 0.260. The molecule has 9 heteroatoms. The molecule has 2 aromatic heterocycles. The van der Waals surface area contributed by atoms with Crippen molar-refractivity contribution in [3.8, 4) is 22.8 Å². The van der Waals surface area contributed by atoms with Crippen molar-refractivity contribution in [3.05, 3.63) is 42.5 Å². The van der Waals surface area contributed by atoms with Crippen molar-refractivity contribution in [2.75, 3.05) is 49.2 Å². The van der Waals surface area contributed by atoms with Crippen molar-refractivity contribution >= 4 is 34.2 Å². The zero-order chi connectivity index (χ0) is 20.9. The van der Waals surface area contributed by atoms with Crippen LogP contribution in [0.25, 0.3) is 22.2 Å². The van der Waals surface area contributed by atoms with Gasteiger partial charge in [0.15, 0.2) is 11.6 Å². The molecule has 2 aliphatic rings. The molecule has 4 aromatic rings. The normalized spacial score (nSPS) is 15.8. The van der Waals surface area contributed by atoms with Gasteiger partial charge in [-0.1, -0.05) is 12.1 Å². The molecule has 0 saturated carbocycles. The van der Waals surface area contributed by atoms with E-state index in [-0.39, 0.29) is 5.95 Å². The highest BCUT2D eigenvalue weighted by Crippen LogP contribution is 2.44. The summed E-state index contributed by atoms with van der Waals surface area (Å²) >= 11 is 0. The Labute approximate surface area is 178 Å². The molecule has 1 fully saturated rings. The predicted octanol–water partition coefficient (Wildman–Crippen LogP) is 3.20. The number of likely N-dealkylation sites (N-methyl/N-ethyl adjacent to an activating group) is 1. The molecular weight excluding hydrogens is 392 g/mol. The first-order chi connectivity index (χ1) is 15.1. The summed E-state index contributed by atoms with van der Waals surface area (Å²) < 4.78 is 6.27. The number of nitrogen functional groups attached to an aromatic ring is 1. The Morgan fingerprint density at radius 1 is 1.00 bits per heavy atom. The maximum absolute atomic E-state index is 6.27. The van der Waals surface area contributed by atoms with Crippen molar-refractivity contribution in [2.45, 2.75) is 0 Å². The molecule has 0 aliphatic carbocycles. The summed E-state index contributed by atoms with van der Waals surface area (Å²) in [6.45, 7) is 3.80. The number of hydrogen-bond donors (Lipinski definition) is 3. The van der Waals surface area contributed by atoms with E-state index in [1.807, 2.05) is 42.5 Å². The van der Waals surface area contributed by atoms with Gasteiger partial charge in [0.2, 0.25) is 5.95 Å². The molecule has 0 radical (unpaired) electrons. The number of benzene rings is 2. The molecule has 2 aliphatic heterocycles. The van der Waals surface area contributed by atoms with E-state index < -0.39 is 0 Å². The number of ether oxygens (including phenoxy) is 1. The zero-order valence-electron chi connectivity index (χ0n) is 17.1. The summed E-state index contributed by atoms with van der Waals surface area (Å²) in [4.78, 5) is 13.6. The first kappa shape index (κ1) is 18.0. The number of para-hydroxylation sites is 2. The van der Waals surface area contributed by atoms with Crippen LogP contribution in [0, 0.1) is 0 Å². The average Bonchev–Trinajstić information content (AvgIpc) is 3.10. The molecule has 0 atom stereocenters. The summed E-state index contributed by atoms with van der Waals surface area (Å²) in [5.41, 5.74) is 9.48. The van der Waals surface area contributed by atoms with Crippen LogP contribution in [0.5, 0.6) is 11.5 Å². The Kier molecular flexibility index (Phi) is 3.97. The van der Waals surface area contributed by atoms with Crippen LogP contribution in [0.15, 0.2) is 42.5 Å². The van der Waals surface area contributed by atoms with Crippen LogP contribution in [0.4, 0.5) is 23.3 Å². The van der Waals surface area contributed by atoms with E-state index in [2.05, 4.69) is 42.3 Å². The third-order valence-electron chi connectivity index (χ3n) is 5.84. The maximum Gasteiger partial charge on any atom is 0.222 e. The second-order valence-electron chi connectivity index (χ2n) is 7.95. The Morgan fingerprint density at radius 2 is 1.84 bits per heavy atom. The number of aromatic nitrogens is 4. The molecule has 1 saturated heterocycles. The lowest BCUT2D eigenvalue weighted by molar-refractivity contribution is 0.312. The van der Waals surface area contributed by atoms with E-state index >= 15 is 0 Å². The number of nitrogens with two attached hydrogens (primary N) is 1. The van der Waals surface area contributed by atoms with Crippen LogP contribution in [0.1, 0.15) is 0 Å². The summed E-state index contributed by atoms with van der Waals surface area (Å²) in [6, 6.07) is 13.8. The van der Waals surface area contributed by atoms with Gasteiger partial charge in [-0.3, -0.25) is 5.10 Å². The topological polar surface area (TPSA) is 108 Å². The smallest absolute Gasteiger partial charge is 0.222 e. The van der Waals surface area contributed by atoms with E-state index in [4.69, 9.17) is 10.5 Å². The van der Waals surface area contributed by atoms with Crippen LogP contribution >= 0.6 is 0 Å². The lowest BCUT2D eigenvalue weighted by Crippen LogP contribution is -2.44. The first-order valence-corrected chi connectivity index (χ1v) is 10.3. The fourth-order valence-corrected chi connectivity index (χ4v) is 4.14. The summed E-state index contributed by atoms with van der Waals surface area (Å²) in [5.74, 6) is 3.31. The molecule has 4 N–H and O–H groups in total. The van der Waals surface area contributed by atoms with Gasteiger partial charge in [-0.15, -0.1) is 0 Å². The quantitative estimate of drug-likeness (QED) is 0.404. The second-order valence-corrected chi connectivity index (χ2v) is 7.95. The monoisotopic (exact) mass is 414 g/mol. The lowest BCUT2D eigenvalue weighted by Gasteiger charge is -2.33. The zero-order valence-corrected chi connectivity index (χ0v) is 17.1. The van der Waals surface area contributed by atoms with Crippen molar-refractivity contribution < 1.29 is 4.74 Å². The van der Waals surface area contributed by atoms with Gasteiger partial charge >= 0.3 is 0 Å². The fraction of sp³-hybridized carbons (Fsp3) is 0.227. The highest BCUT2D eigenvalue weighted by Gasteiger charge is 2.22. The third kappa shape index (κ3) is 3.10. The molecule has 0 amide bonds. The van der Waals surface area contributed by atoms with Crippen molar-refractivity contribution in [1.82, 2.24) is 25.1 Å². The molecule has 0 spiro atoms. The van der Waals surface area contributed by atoms with Gasteiger partial charge in [-0.25, -0.2) is 4.98 Å². The molecule has 9 nitrogen and oxygen atoms in total. The molecule has 6 rings (SSSR count). The van der Waals surface area contributed by atoms with Crippen molar-refractivity contribution in [2.24, 2.45) is 0 Å². The van der Waals surface area contributed by atoms with Gasteiger partial charge in [-0.2, -0.15) is 10.1 Å². The highest BCUT2D eigenvalue weighted by molar-refractivity contribution is 6.00. The molecule has 31 heavy (non-hydrogen) atoms. The number of anilines is 4. The lowest BCUT2D eigenvalue weighted by atomic mass is 10.1. The number of piperazine rings is 1. The van der Waals surface area contributed by atoms with Crippen molar-refractivity contribution in [1.29, 1.82) is 0 Å². The van der Waals surface area contributed by atoms with Gasteiger partial charge in [0.1, 0.15) is 11.6 Å². The summed E-state index contributed by atoms with van der Waals surface area (Å²) in [7, 11) is 2.13. The van der Waals surface area contributed by atoms with Crippen LogP contribution < -0.4 is 20.7 Å². The summed E-state index contributed by atoms with van der Waals surface area (Å²) in [5, 5.41) is 11.8. The van der Waals surface area contributed by atoms with E-state index in [1.54, 1.807) is 0 Å². The van der Waals surface area contributed by atoms with Crippen molar-refractivity contribution in [3.63, 3.8) is 0 Å². The Hall–Kier alpha value is -3.85. The van der Waals surface area contributed by atoms with Gasteiger partial charge in [0, 0.05) is 37.8 Å². The van der Waals surface area contributed by atoms with Gasteiger partial charge in [0.05, 0.1) is 22.3 Å². The number of nitrogens with zero attached hydrogens (tertiary/aromatic N) is 5. The van der Waals surface area contributed by atoms with Gasteiger partial charge in [0.25, 0.3) is 0 Å². The number of hydrogen-bond acceptors (Lipinski definition) is 8. The van der Waals surface area contributed by atoms with E-state index in [0.717, 1.165) is 71.4 Å². The van der Waals surface area contributed by atoms with E-state index in [1.165, 1.54) is 0 Å². The minimum Gasteiger partial charge on any atom is -0.454 e. The van der Waals surface area contributed by atoms with Crippen LogP contribution in [0.2, 0.25) is 0 Å². The predicted molar refractivity (Wildman–Crippen MR) is 121 cm³/mol. The molecule has 2 aromatic carbocycles. The van der Waals surface area contributed by atoms with Crippen LogP contribution in [-0.4, -0.2) is 58.3 Å². The number of rotatable bonds is 2. The standard InChI is InChI=1S/C22H22N8O/c1-29-6-8-30(9-7-29)19-12-15(25-22(23)26-19)13-10-16-20-18(11-13)31-17-5-3-2-4-14(17)24-21(20)28-27-16/h2-5,10-12H,6-9H2,1H3,(H2,23,25,26)(H2,24,27,28). The van der Waals surface area contributed by atoms with Crippen LogP contribution in [0.3, 0.4) is 0 Å². The summed E-state index contributed by atoms with van der Waals surface area (Å²) in [6.07, 6.45) is 0. The average molecular weight is 414 g/mol. The van der Waals surface area contributed by atoms with Gasteiger partial charge in [-0.05, 0) is 31.3 Å². The Morgan fingerprint density at radius 3 is 2.71 bits per heavy atom. The number of nitrogens with one attached hydrogen (secondary N) is 2. The maximum atomic E-state index is 6.27. The fourth-order valence-electron chi connectivity index (χ4n) is 4.14. The number of H-pyrrole nitrogens is 1.